The zero-order valence-electron chi connectivity index (χ0n) is 52.8. The molecule has 3 rings (SSSR count). The monoisotopic (exact) mass is 1140 g/mol. The van der Waals surface area contributed by atoms with E-state index >= 15 is 0 Å². The number of benzene rings is 3. The van der Waals surface area contributed by atoms with Crippen LogP contribution in [-0.2, 0) is 0 Å². The standard InChI is InChI=1S/C70H114N2O10/c1-8-14-20-26-32-38-44-77-62-52-57(53-63(78-45-39-33-27-21-15-9-2)66(62)81-48-42-36-30-24-18-12-5)68(73)71-60-50-59(70(75)76)51-61(56(60)7)72-69(74)58-54-64(79-46-40-34-28-22-16-10-3)67(82-49-43-37-31-25-19-13-6)65(55-58)80-47-41-35-29-23-17-11-4/h50-55H,8-49H2,1-7H3,(H,71,73)(H,72,74)(H,75,76). The van der Waals surface area contributed by atoms with Crippen LogP contribution in [0.25, 0.3) is 0 Å². The smallest absolute Gasteiger partial charge is 0.335 e. The summed E-state index contributed by atoms with van der Waals surface area (Å²) in [7, 11) is 0. The molecule has 0 saturated heterocycles. The van der Waals surface area contributed by atoms with E-state index in [1.165, 1.54) is 128 Å². The van der Waals surface area contributed by atoms with Crippen LogP contribution >= 0.6 is 0 Å². The second kappa shape index (κ2) is 46.3. The van der Waals surface area contributed by atoms with Crippen molar-refractivity contribution >= 4 is 29.2 Å². The van der Waals surface area contributed by atoms with Crippen LogP contribution in [0.15, 0.2) is 36.4 Å². The minimum absolute atomic E-state index is 0.107. The van der Waals surface area contributed by atoms with Crippen molar-refractivity contribution in [3.63, 3.8) is 0 Å². The van der Waals surface area contributed by atoms with Gasteiger partial charge in [-0.2, -0.15) is 0 Å². The third-order valence-electron chi connectivity index (χ3n) is 15.2. The number of carbonyl (C=O) groups is 3. The topological polar surface area (TPSA) is 151 Å². The molecule has 82 heavy (non-hydrogen) atoms. The number of aromatic carboxylic acids is 1. The van der Waals surface area contributed by atoms with Gasteiger partial charge >= 0.3 is 5.97 Å². The molecule has 12 heteroatoms. The highest BCUT2D eigenvalue weighted by atomic mass is 16.5. The molecular formula is C70H114N2O10. The summed E-state index contributed by atoms with van der Waals surface area (Å²) in [6, 6.07) is 9.68. The van der Waals surface area contributed by atoms with Crippen LogP contribution in [0, 0.1) is 6.92 Å². The Hall–Kier alpha value is -5.13. The molecule has 0 fully saturated rings. The van der Waals surface area contributed by atoms with Crippen molar-refractivity contribution in [3.8, 4) is 34.5 Å². The molecule has 12 nitrogen and oxygen atoms in total. The third-order valence-corrected chi connectivity index (χ3v) is 15.2. The first kappa shape index (κ1) is 71.1. The van der Waals surface area contributed by atoms with Gasteiger partial charge in [0.1, 0.15) is 0 Å². The highest BCUT2D eigenvalue weighted by Gasteiger charge is 2.24. The summed E-state index contributed by atoms with van der Waals surface area (Å²) in [5.41, 5.74) is 1.38. The van der Waals surface area contributed by atoms with Gasteiger partial charge in [-0.25, -0.2) is 4.79 Å². The van der Waals surface area contributed by atoms with E-state index < -0.39 is 17.8 Å². The Balaban J connectivity index is 2.04. The van der Waals surface area contributed by atoms with E-state index in [1.807, 2.05) is 0 Å². The number of carbonyl (C=O) groups excluding carboxylic acids is 2. The SMILES string of the molecule is CCCCCCCCOc1cc(C(=O)Nc2cc(C(=O)O)cc(NC(=O)c3cc(OCCCCCCCC)c(OCCCCCCCC)c(OCCCCCCCC)c3)c2C)cc(OCCCCCCCC)c1OCCCCCCCC. The largest absolute Gasteiger partial charge is 0.490 e. The van der Waals surface area contributed by atoms with Crippen molar-refractivity contribution in [2.75, 3.05) is 50.3 Å². The predicted molar refractivity (Wildman–Crippen MR) is 340 cm³/mol. The molecule has 0 radical (unpaired) electrons. The Kier molecular flexibility index (Phi) is 40.1. The third kappa shape index (κ3) is 29.9. The molecule has 0 atom stereocenters. The molecule has 464 valence electrons. The molecule has 0 aliphatic carbocycles. The van der Waals surface area contributed by atoms with E-state index in [1.54, 1.807) is 31.2 Å². The summed E-state index contributed by atoms with van der Waals surface area (Å²) >= 11 is 0. The Morgan fingerprint density at radius 2 is 0.537 bits per heavy atom. The molecule has 3 N–H and O–H groups in total. The number of hydrogen-bond donors (Lipinski definition) is 3. The number of ether oxygens (including phenoxy) is 6. The number of carboxylic acids is 1. The maximum atomic E-state index is 14.6. The number of carboxylic acid groups (broad SMARTS) is 1. The van der Waals surface area contributed by atoms with Crippen molar-refractivity contribution < 1.29 is 47.9 Å². The number of nitrogens with one attached hydrogen (secondary N) is 2. The van der Waals surface area contributed by atoms with Gasteiger partial charge in [0, 0.05) is 22.5 Å². The van der Waals surface area contributed by atoms with Gasteiger partial charge < -0.3 is 44.2 Å². The zero-order valence-corrected chi connectivity index (χ0v) is 52.8. The van der Waals surface area contributed by atoms with E-state index in [2.05, 4.69) is 52.2 Å². The number of anilines is 2. The molecule has 0 aliphatic heterocycles. The first-order valence-corrected chi connectivity index (χ1v) is 33.2. The van der Waals surface area contributed by atoms with Crippen LogP contribution in [0.2, 0.25) is 0 Å². The highest BCUT2D eigenvalue weighted by Crippen LogP contribution is 2.42. The van der Waals surface area contributed by atoms with Gasteiger partial charge in [0.05, 0.1) is 45.2 Å². The number of hydrogen-bond acceptors (Lipinski definition) is 9. The fourth-order valence-corrected chi connectivity index (χ4v) is 9.99. The van der Waals surface area contributed by atoms with Crippen molar-refractivity contribution in [1.82, 2.24) is 0 Å². The zero-order chi connectivity index (χ0) is 59.3. The van der Waals surface area contributed by atoms with Crippen LogP contribution in [-0.4, -0.2) is 62.5 Å². The highest BCUT2D eigenvalue weighted by molar-refractivity contribution is 6.09. The molecule has 0 heterocycles. The lowest BCUT2D eigenvalue weighted by molar-refractivity contribution is 0.0696. The number of rotatable bonds is 53. The van der Waals surface area contributed by atoms with Gasteiger partial charge in [0.15, 0.2) is 23.0 Å². The first-order chi connectivity index (χ1) is 40.1. The van der Waals surface area contributed by atoms with E-state index in [-0.39, 0.29) is 28.1 Å². The molecule has 0 aromatic heterocycles. The van der Waals surface area contributed by atoms with Crippen molar-refractivity contribution in [3.05, 3.63) is 58.7 Å². The second-order valence-electron chi connectivity index (χ2n) is 22.7. The molecule has 0 unspecified atom stereocenters. The van der Waals surface area contributed by atoms with E-state index in [0.29, 0.717) is 79.7 Å². The summed E-state index contributed by atoms with van der Waals surface area (Å²) in [6.45, 7) is 17.9. The van der Waals surface area contributed by atoms with Gasteiger partial charge in [0.2, 0.25) is 11.5 Å². The number of unbranched alkanes of at least 4 members (excludes halogenated alkanes) is 30. The lowest BCUT2D eigenvalue weighted by atomic mass is 10.1. The summed E-state index contributed by atoms with van der Waals surface area (Å²) in [4.78, 5) is 42.1. The van der Waals surface area contributed by atoms with Gasteiger partial charge in [0.25, 0.3) is 11.8 Å². The van der Waals surface area contributed by atoms with E-state index in [4.69, 9.17) is 28.4 Å². The molecule has 0 saturated carbocycles. The average molecular weight is 1140 g/mol. The van der Waals surface area contributed by atoms with Crippen LogP contribution < -0.4 is 39.1 Å². The average Bonchev–Trinajstić information content (AvgIpc) is 3.63. The van der Waals surface area contributed by atoms with Crippen LogP contribution in [0.1, 0.15) is 309 Å². The molecule has 3 aromatic rings. The summed E-state index contributed by atoms with van der Waals surface area (Å²) in [5, 5.41) is 16.5. The van der Waals surface area contributed by atoms with Crippen molar-refractivity contribution in [1.29, 1.82) is 0 Å². The number of amides is 2. The Morgan fingerprint density at radius 3 is 0.768 bits per heavy atom. The lowest BCUT2D eigenvalue weighted by Crippen LogP contribution is -2.18. The van der Waals surface area contributed by atoms with Crippen LogP contribution in [0.5, 0.6) is 34.5 Å². The minimum Gasteiger partial charge on any atom is -0.490 e. The van der Waals surface area contributed by atoms with Gasteiger partial charge in [-0.15, -0.1) is 0 Å². The molecule has 3 aromatic carbocycles. The van der Waals surface area contributed by atoms with Gasteiger partial charge in [-0.1, -0.05) is 234 Å². The predicted octanol–water partition coefficient (Wildman–Crippen LogP) is 20.6. The minimum atomic E-state index is -1.21. The molecule has 2 amide bonds. The molecule has 0 bridgehead atoms. The first-order valence-electron chi connectivity index (χ1n) is 33.2. The fourth-order valence-electron chi connectivity index (χ4n) is 9.99. The molecule has 0 spiro atoms. The van der Waals surface area contributed by atoms with Crippen LogP contribution in [0.3, 0.4) is 0 Å². The maximum absolute atomic E-state index is 14.6. The molecule has 0 aliphatic rings. The summed E-state index contributed by atoms with van der Waals surface area (Å²) in [5.74, 6) is 0.580. The Labute approximate surface area is 498 Å². The molecular weight excluding hydrogens is 1030 g/mol. The van der Waals surface area contributed by atoms with Crippen molar-refractivity contribution in [2.45, 2.75) is 280 Å². The quantitative estimate of drug-likeness (QED) is 0.0466. The Morgan fingerprint density at radius 1 is 0.317 bits per heavy atom. The van der Waals surface area contributed by atoms with E-state index in [9.17, 15) is 19.5 Å². The normalized spacial score (nSPS) is 11.2. The summed E-state index contributed by atoms with van der Waals surface area (Å²) in [6.07, 6.45) is 39.9. The Bertz CT molecular complexity index is 1960. The van der Waals surface area contributed by atoms with Gasteiger partial charge in [-0.3, -0.25) is 9.59 Å². The fraction of sp³-hybridized carbons (Fsp3) is 0.700. The van der Waals surface area contributed by atoms with E-state index in [0.717, 1.165) is 116 Å². The van der Waals surface area contributed by atoms with Gasteiger partial charge in [-0.05, 0) is 87.4 Å². The lowest BCUT2D eigenvalue weighted by Gasteiger charge is -2.20. The summed E-state index contributed by atoms with van der Waals surface area (Å²) < 4.78 is 39.1. The second-order valence-corrected chi connectivity index (χ2v) is 22.7. The van der Waals surface area contributed by atoms with Crippen molar-refractivity contribution in [2.24, 2.45) is 0 Å². The van der Waals surface area contributed by atoms with Crippen LogP contribution in [0.4, 0.5) is 11.4 Å². The maximum Gasteiger partial charge on any atom is 0.335 e.